The average Bonchev–Trinajstić information content (AvgIpc) is 2.87. The molecule has 0 aliphatic rings. The Bertz CT molecular complexity index is 821. The van der Waals surface area contributed by atoms with E-state index in [1.165, 1.54) is 6.07 Å². The molecule has 0 spiro atoms. The van der Waals surface area contributed by atoms with Crippen molar-refractivity contribution in [3.63, 3.8) is 0 Å². The zero-order chi connectivity index (χ0) is 20.7. The Balaban J connectivity index is 0.00000420. The number of aromatic nitrogens is 2. The maximum Gasteiger partial charge on any atom is 0.422 e. The van der Waals surface area contributed by atoms with Gasteiger partial charge in [-0.2, -0.15) is 18.3 Å². The largest absolute Gasteiger partial charge is 0.484 e. The zero-order valence-corrected chi connectivity index (χ0v) is 19.3. The highest BCUT2D eigenvalue weighted by molar-refractivity contribution is 14.0. The van der Waals surface area contributed by atoms with E-state index in [9.17, 15) is 13.2 Å². The number of aliphatic imine (C=N–C) groups is 1. The first-order valence-corrected chi connectivity index (χ1v) is 9.00. The Morgan fingerprint density at radius 3 is 2.48 bits per heavy atom. The summed E-state index contributed by atoms with van der Waals surface area (Å²) in [6, 6.07) is 6.60. The first-order chi connectivity index (χ1) is 13.2. The van der Waals surface area contributed by atoms with E-state index in [0.717, 1.165) is 17.0 Å². The average molecular weight is 525 g/mol. The number of nitrogens with zero attached hydrogens (tertiary/aromatic N) is 3. The fourth-order valence-electron chi connectivity index (χ4n) is 2.69. The van der Waals surface area contributed by atoms with Gasteiger partial charge in [0.15, 0.2) is 12.6 Å². The normalized spacial score (nSPS) is 11.8. The fourth-order valence-corrected chi connectivity index (χ4v) is 2.69. The number of hydrogen-bond donors (Lipinski definition) is 2. The molecule has 6 nitrogen and oxygen atoms in total. The SMILES string of the molecule is CCNC(=NCc1ccccc1OCC(F)(F)F)NCc1c(C)nn(C)c1C.I. The molecule has 0 bridgehead atoms. The van der Waals surface area contributed by atoms with E-state index >= 15 is 0 Å². The monoisotopic (exact) mass is 525 g/mol. The van der Waals surface area contributed by atoms with Crippen molar-refractivity contribution in [2.45, 2.75) is 40.0 Å². The van der Waals surface area contributed by atoms with Gasteiger partial charge in [-0.05, 0) is 26.8 Å². The second-order valence-electron chi connectivity index (χ2n) is 6.33. The molecule has 0 amide bonds. The minimum atomic E-state index is -4.38. The van der Waals surface area contributed by atoms with Gasteiger partial charge in [0, 0.05) is 37.0 Å². The molecule has 0 fully saturated rings. The molecule has 1 aromatic heterocycles. The van der Waals surface area contributed by atoms with Crippen LogP contribution in [-0.4, -0.2) is 35.1 Å². The molecular weight excluding hydrogens is 498 g/mol. The Labute approximate surface area is 185 Å². The number of rotatable bonds is 7. The van der Waals surface area contributed by atoms with Gasteiger partial charge in [-0.1, -0.05) is 18.2 Å². The quantitative estimate of drug-likeness (QED) is 0.328. The van der Waals surface area contributed by atoms with E-state index in [4.69, 9.17) is 4.74 Å². The van der Waals surface area contributed by atoms with Crippen LogP contribution >= 0.6 is 24.0 Å². The lowest BCUT2D eigenvalue weighted by Crippen LogP contribution is -2.37. The molecule has 1 heterocycles. The number of guanidine groups is 1. The number of halogens is 4. The van der Waals surface area contributed by atoms with Crippen molar-refractivity contribution in [3.8, 4) is 5.75 Å². The summed E-state index contributed by atoms with van der Waals surface area (Å²) in [5, 5.41) is 10.8. The Morgan fingerprint density at radius 1 is 1.21 bits per heavy atom. The van der Waals surface area contributed by atoms with Crippen LogP contribution in [0.4, 0.5) is 13.2 Å². The predicted octanol–water partition coefficient (Wildman–Crippen LogP) is 3.85. The van der Waals surface area contributed by atoms with Crippen molar-refractivity contribution in [2.24, 2.45) is 12.0 Å². The summed E-state index contributed by atoms with van der Waals surface area (Å²) < 4.78 is 44.0. The van der Waals surface area contributed by atoms with Crippen LogP contribution in [0, 0.1) is 13.8 Å². The summed E-state index contributed by atoms with van der Waals surface area (Å²) in [5.41, 5.74) is 3.67. The van der Waals surface area contributed by atoms with Crippen molar-refractivity contribution < 1.29 is 17.9 Å². The summed E-state index contributed by atoms with van der Waals surface area (Å²) >= 11 is 0. The summed E-state index contributed by atoms with van der Waals surface area (Å²) in [6.07, 6.45) is -4.38. The van der Waals surface area contributed by atoms with Gasteiger partial charge in [0.25, 0.3) is 0 Å². The molecule has 29 heavy (non-hydrogen) atoms. The number of aryl methyl sites for hydroxylation is 2. The summed E-state index contributed by atoms with van der Waals surface area (Å²) in [5.74, 6) is 0.745. The number of para-hydroxylation sites is 1. The first-order valence-electron chi connectivity index (χ1n) is 9.00. The number of benzene rings is 1. The van der Waals surface area contributed by atoms with Crippen LogP contribution in [0.2, 0.25) is 0 Å². The molecule has 0 radical (unpaired) electrons. The second kappa shape index (κ2) is 11.3. The van der Waals surface area contributed by atoms with Crippen LogP contribution in [0.5, 0.6) is 5.75 Å². The summed E-state index contributed by atoms with van der Waals surface area (Å²) in [4.78, 5) is 4.48. The maximum atomic E-state index is 12.4. The lowest BCUT2D eigenvalue weighted by atomic mass is 10.2. The molecule has 10 heteroatoms. The highest BCUT2D eigenvalue weighted by Gasteiger charge is 2.28. The van der Waals surface area contributed by atoms with Crippen molar-refractivity contribution >= 4 is 29.9 Å². The molecule has 0 saturated carbocycles. The highest BCUT2D eigenvalue weighted by atomic mass is 127. The van der Waals surface area contributed by atoms with Gasteiger partial charge < -0.3 is 15.4 Å². The zero-order valence-electron chi connectivity index (χ0n) is 16.9. The number of nitrogens with one attached hydrogen (secondary N) is 2. The van der Waals surface area contributed by atoms with Gasteiger partial charge in [0.1, 0.15) is 5.75 Å². The van der Waals surface area contributed by atoms with Crippen LogP contribution in [0.25, 0.3) is 0 Å². The lowest BCUT2D eigenvalue weighted by molar-refractivity contribution is -0.153. The topological polar surface area (TPSA) is 63.5 Å². The minimum absolute atomic E-state index is 0. The molecule has 0 saturated heterocycles. The van der Waals surface area contributed by atoms with Crippen molar-refractivity contribution in [1.82, 2.24) is 20.4 Å². The molecule has 2 aromatic rings. The van der Waals surface area contributed by atoms with Crippen molar-refractivity contribution in [3.05, 3.63) is 46.8 Å². The van der Waals surface area contributed by atoms with Crippen molar-refractivity contribution in [1.29, 1.82) is 0 Å². The molecule has 2 rings (SSSR count). The number of ether oxygens (including phenoxy) is 1. The molecule has 0 atom stereocenters. The third-order valence-corrected chi connectivity index (χ3v) is 4.21. The number of hydrogen-bond acceptors (Lipinski definition) is 3. The van der Waals surface area contributed by atoms with E-state index in [2.05, 4.69) is 20.7 Å². The molecule has 0 aliphatic carbocycles. The Hall–Kier alpha value is -1.98. The van der Waals surface area contributed by atoms with Gasteiger partial charge in [-0.3, -0.25) is 4.68 Å². The van der Waals surface area contributed by atoms with Gasteiger partial charge in [-0.25, -0.2) is 4.99 Å². The third-order valence-electron chi connectivity index (χ3n) is 4.21. The molecule has 1 aromatic carbocycles. The van der Waals surface area contributed by atoms with E-state index in [0.29, 0.717) is 24.6 Å². The minimum Gasteiger partial charge on any atom is -0.484 e. The molecule has 0 unspecified atom stereocenters. The second-order valence-corrected chi connectivity index (χ2v) is 6.33. The van der Waals surface area contributed by atoms with Crippen LogP contribution in [-0.2, 0) is 20.1 Å². The highest BCUT2D eigenvalue weighted by Crippen LogP contribution is 2.22. The van der Waals surface area contributed by atoms with Gasteiger partial charge in [0.05, 0.1) is 12.2 Å². The third kappa shape index (κ3) is 7.75. The van der Waals surface area contributed by atoms with Crippen LogP contribution in [0.15, 0.2) is 29.3 Å². The summed E-state index contributed by atoms with van der Waals surface area (Å²) in [7, 11) is 1.89. The smallest absolute Gasteiger partial charge is 0.422 e. The lowest BCUT2D eigenvalue weighted by Gasteiger charge is -2.14. The van der Waals surface area contributed by atoms with Gasteiger partial charge in [0.2, 0.25) is 0 Å². The Morgan fingerprint density at radius 2 is 1.90 bits per heavy atom. The molecular formula is C19H27F3IN5O. The van der Waals surface area contributed by atoms with Gasteiger partial charge in [-0.15, -0.1) is 24.0 Å². The van der Waals surface area contributed by atoms with Crippen LogP contribution < -0.4 is 15.4 Å². The molecule has 2 N–H and O–H groups in total. The van der Waals surface area contributed by atoms with E-state index in [1.54, 1.807) is 18.2 Å². The fraction of sp³-hybridized carbons (Fsp3) is 0.474. The molecule has 0 aliphatic heterocycles. The first kappa shape index (κ1) is 25.1. The van der Waals surface area contributed by atoms with Crippen LogP contribution in [0.1, 0.15) is 29.4 Å². The van der Waals surface area contributed by atoms with Crippen LogP contribution in [0.3, 0.4) is 0 Å². The standard InChI is InChI=1S/C19H26F3N5O.HI/c1-5-23-18(25-11-16-13(2)26-27(4)14(16)3)24-10-15-8-6-7-9-17(15)28-12-19(20,21)22;/h6-9H,5,10-12H2,1-4H3,(H2,23,24,25);1H. The van der Waals surface area contributed by atoms with Crippen molar-refractivity contribution in [2.75, 3.05) is 13.2 Å². The Kier molecular flexibility index (Phi) is 9.74. The van der Waals surface area contributed by atoms with E-state index in [-0.39, 0.29) is 36.3 Å². The summed E-state index contributed by atoms with van der Waals surface area (Å²) in [6.45, 7) is 5.95. The molecule has 162 valence electrons. The van der Waals surface area contributed by atoms with E-state index in [1.807, 2.05) is 32.5 Å². The number of alkyl halides is 3. The van der Waals surface area contributed by atoms with E-state index < -0.39 is 12.8 Å². The van der Waals surface area contributed by atoms with Gasteiger partial charge >= 0.3 is 6.18 Å². The predicted molar refractivity (Wildman–Crippen MR) is 118 cm³/mol. The maximum absolute atomic E-state index is 12.4.